The van der Waals surface area contributed by atoms with E-state index in [1.165, 1.54) is 6.42 Å². The van der Waals surface area contributed by atoms with Crippen molar-refractivity contribution in [1.82, 2.24) is 15.5 Å². The van der Waals surface area contributed by atoms with E-state index in [0.717, 1.165) is 31.6 Å². The van der Waals surface area contributed by atoms with E-state index in [9.17, 15) is 4.79 Å². The van der Waals surface area contributed by atoms with E-state index in [1.807, 2.05) is 25.7 Å². The van der Waals surface area contributed by atoms with Gasteiger partial charge in [0.25, 0.3) is 0 Å². The summed E-state index contributed by atoms with van der Waals surface area (Å²) < 4.78 is 11.4. The smallest absolute Gasteiger partial charge is 0.410 e. The molecule has 0 radical (unpaired) electrons. The van der Waals surface area contributed by atoms with Crippen LogP contribution in [0.3, 0.4) is 0 Å². The molecule has 1 saturated carbocycles. The van der Waals surface area contributed by atoms with Crippen molar-refractivity contribution >= 4 is 36.0 Å². The van der Waals surface area contributed by atoms with Gasteiger partial charge in [0, 0.05) is 26.2 Å². The third-order valence-electron chi connectivity index (χ3n) is 4.91. The summed E-state index contributed by atoms with van der Waals surface area (Å²) in [6, 6.07) is 0.668. The Morgan fingerprint density at radius 1 is 1.27 bits per heavy atom. The third-order valence-corrected chi connectivity index (χ3v) is 4.91. The molecule has 3 rings (SSSR count). The van der Waals surface area contributed by atoms with Gasteiger partial charge < -0.3 is 25.0 Å². The molecule has 0 aromatic carbocycles. The van der Waals surface area contributed by atoms with Crippen LogP contribution >= 0.6 is 24.0 Å². The van der Waals surface area contributed by atoms with Gasteiger partial charge in [-0.25, -0.2) is 4.79 Å². The third kappa shape index (κ3) is 5.87. The zero-order valence-corrected chi connectivity index (χ0v) is 18.6. The van der Waals surface area contributed by atoms with Gasteiger partial charge >= 0.3 is 6.09 Å². The maximum Gasteiger partial charge on any atom is 0.410 e. The molecule has 2 saturated heterocycles. The van der Waals surface area contributed by atoms with E-state index in [4.69, 9.17) is 9.47 Å². The number of nitrogens with zero attached hydrogens (tertiary/aromatic N) is 2. The minimum absolute atomic E-state index is 0. The second kappa shape index (κ2) is 8.95. The molecular formula is C18H33IN4O3. The predicted molar refractivity (Wildman–Crippen MR) is 112 cm³/mol. The van der Waals surface area contributed by atoms with Gasteiger partial charge in [-0.2, -0.15) is 0 Å². The second-order valence-corrected chi connectivity index (χ2v) is 8.26. The van der Waals surface area contributed by atoms with Crippen molar-refractivity contribution < 1.29 is 14.3 Å². The van der Waals surface area contributed by atoms with Gasteiger partial charge in [-0.1, -0.05) is 0 Å². The summed E-state index contributed by atoms with van der Waals surface area (Å²) in [5.74, 6) is 0.779. The summed E-state index contributed by atoms with van der Waals surface area (Å²) in [4.78, 5) is 18.5. The summed E-state index contributed by atoms with van der Waals surface area (Å²) in [7, 11) is 1.77. The molecule has 2 N–H and O–H groups in total. The van der Waals surface area contributed by atoms with Crippen molar-refractivity contribution in [3.8, 4) is 0 Å². The van der Waals surface area contributed by atoms with Crippen molar-refractivity contribution in [2.24, 2.45) is 4.99 Å². The number of fused-ring (bicyclic) bond motifs is 2. The molecule has 2 heterocycles. The van der Waals surface area contributed by atoms with Crippen molar-refractivity contribution in [1.29, 1.82) is 0 Å². The number of aliphatic imine (C=N–C) groups is 1. The first kappa shape index (κ1) is 21.5. The topological polar surface area (TPSA) is 75.2 Å². The van der Waals surface area contributed by atoms with Crippen molar-refractivity contribution in [3.05, 3.63) is 0 Å². The number of carbonyl (C=O) groups is 1. The van der Waals surface area contributed by atoms with Gasteiger partial charge in [0.05, 0.1) is 18.2 Å². The Balaban J connectivity index is 0.00000243. The molecule has 0 aromatic heterocycles. The number of ether oxygens (including phenoxy) is 2. The molecule has 0 spiro atoms. The average Bonchev–Trinajstić information content (AvgIpc) is 3.15. The van der Waals surface area contributed by atoms with Gasteiger partial charge in [0.1, 0.15) is 5.60 Å². The number of guanidine groups is 1. The zero-order valence-electron chi connectivity index (χ0n) is 16.3. The van der Waals surface area contributed by atoms with Gasteiger partial charge in [-0.05, 0) is 52.9 Å². The molecule has 2 aliphatic heterocycles. The predicted octanol–water partition coefficient (Wildman–Crippen LogP) is 2.49. The molecule has 7 nitrogen and oxygen atoms in total. The molecule has 8 heteroatoms. The summed E-state index contributed by atoms with van der Waals surface area (Å²) in [6.07, 6.45) is 6.00. The molecule has 0 aromatic rings. The summed E-state index contributed by atoms with van der Waals surface area (Å²) in [5, 5.41) is 6.78. The highest BCUT2D eigenvalue weighted by Crippen LogP contribution is 2.34. The van der Waals surface area contributed by atoms with E-state index in [1.54, 1.807) is 7.05 Å². The van der Waals surface area contributed by atoms with Crippen LogP contribution in [0.2, 0.25) is 0 Å². The Hall–Kier alpha value is -0.770. The van der Waals surface area contributed by atoms with E-state index in [-0.39, 0.29) is 30.1 Å². The highest BCUT2D eigenvalue weighted by molar-refractivity contribution is 14.0. The van der Waals surface area contributed by atoms with Crippen molar-refractivity contribution in [2.75, 3.05) is 20.1 Å². The maximum atomic E-state index is 12.4. The molecule has 1 aliphatic carbocycles. The monoisotopic (exact) mass is 480 g/mol. The van der Waals surface area contributed by atoms with Gasteiger partial charge in [0.15, 0.2) is 5.96 Å². The Morgan fingerprint density at radius 3 is 2.50 bits per heavy atom. The largest absolute Gasteiger partial charge is 0.444 e. The molecule has 2 bridgehead atoms. The molecule has 26 heavy (non-hydrogen) atoms. The number of carbonyl (C=O) groups excluding carboxylic acids is 1. The van der Waals surface area contributed by atoms with Gasteiger partial charge in [-0.15, -0.1) is 24.0 Å². The number of rotatable bonds is 5. The standard InChI is InChI=1S/C18H32N4O3.HI/c1-18(2,3)25-17(23)22(12-5-6-12)10-9-20-16(19-4)21-14-11-13-7-8-15(14)24-13;/h12-15H,5-11H2,1-4H3,(H2,19,20,21);1H. The van der Waals surface area contributed by atoms with Crippen LogP contribution in [0.1, 0.15) is 52.9 Å². The van der Waals surface area contributed by atoms with Crippen LogP contribution in [0, 0.1) is 0 Å². The van der Waals surface area contributed by atoms with E-state index in [0.29, 0.717) is 37.4 Å². The lowest BCUT2D eigenvalue weighted by molar-refractivity contribution is 0.0238. The summed E-state index contributed by atoms with van der Waals surface area (Å²) in [6.45, 7) is 6.97. The number of amides is 1. The Morgan fingerprint density at radius 2 is 2.00 bits per heavy atom. The fraction of sp³-hybridized carbons (Fsp3) is 0.889. The van der Waals surface area contributed by atoms with Gasteiger partial charge in [0.2, 0.25) is 0 Å². The molecule has 150 valence electrons. The van der Waals surface area contributed by atoms with Gasteiger partial charge in [-0.3, -0.25) is 4.99 Å². The molecule has 3 aliphatic rings. The Bertz CT molecular complexity index is 519. The number of halogens is 1. The number of hydrogen-bond acceptors (Lipinski definition) is 4. The number of hydrogen-bond donors (Lipinski definition) is 2. The van der Waals surface area contributed by atoms with Crippen molar-refractivity contribution in [3.63, 3.8) is 0 Å². The van der Waals surface area contributed by atoms with Crippen LogP contribution in [0.5, 0.6) is 0 Å². The normalized spacial score (nSPS) is 27.7. The maximum absolute atomic E-state index is 12.4. The first-order valence-electron chi connectivity index (χ1n) is 9.48. The first-order chi connectivity index (χ1) is 11.9. The molecular weight excluding hydrogens is 447 g/mol. The van der Waals surface area contributed by atoms with Crippen LogP contribution in [0.15, 0.2) is 4.99 Å². The zero-order chi connectivity index (χ0) is 18.0. The lowest BCUT2D eigenvalue weighted by Crippen LogP contribution is -2.49. The van der Waals surface area contributed by atoms with Crippen LogP contribution in [0.4, 0.5) is 4.79 Å². The molecule has 3 fully saturated rings. The van der Waals surface area contributed by atoms with Crippen LogP contribution in [-0.2, 0) is 9.47 Å². The van der Waals surface area contributed by atoms with Crippen LogP contribution in [0.25, 0.3) is 0 Å². The lowest BCUT2D eigenvalue weighted by Gasteiger charge is -2.28. The highest BCUT2D eigenvalue weighted by Gasteiger charge is 2.41. The van der Waals surface area contributed by atoms with E-state index >= 15 is 0 Å². The average molecular weight is 480 g/mol. The Labute approximate surface area is 173 Å². The minimum atomic E-state index is -0.461. The van der Waals surface area contributed by atoms with Crippen LogP contribution in [-0.4, -0.2) is 67.0 Å². The Kier molecular flexibility index (Phi) is 7.41. The van der Waals surface area contributed by atoms with Crippen LogP contribution < -0.4 is 10.6 Å². The summed E-state index contributed by atoms with van der Waals surface area (Å²) >= 11 is 0. The van der Waals surface area contributed by atoms with E-state index < -0.39 is 5.60 Å². The quantitative estimate of drug-likeness (QED) is 0.360. The first-order valence-corrected chi connectivity index (χ1v) is 9.48. The fourth-order valence-electron chi connectivity index (χ4n) is 3.58. The SMILES string of the molecule is CN=C(NCCN(C(=O)OC(C)(C)C)C1CC1)NC1CC2CCC1O2.I. The second-order valence-electron chi connectivity index (χ2n) is 8.26. The highest BCUT2D eigenvalue weighted by atomic mass is 127. The molecule has 3 atom stereocenters. The minimum Gasteiger partial charge on any atom is -0.444 e. The molecule has 3 unspecified atom stereocenters. The molecule has 1 amide bonds. The van der Waals surface area contributed by atoms with Crippen molar-refractivity contribution in [2.45, 2.75) is 82.8 Å². The number of nitrogens with one attached hydrogen (secondary N) is 2. The fourth-order valence-corrected chi connectivity index (χ4v) is 3.58. The van der Waals surface area contributed by atoms with E-state index in [2.05, 4.69) is 15.6 Å². The summed E-state index contributed by atoms with van der Waals surface area (Å²) in [5.41, 5.74) is -0.461. The lowest BCUT2D eigenvalue weighted by atomic mass is 9.96.